The molecule has 1 aromatic heterocycles. The Morgan fingerprint density at radius 2 is 2.14 bits per heavy atom. The average molecular weight is 372 g/mol. The largest absolute Gasteiger partial charge is 0.310 e. The summed E-state index contributed by atoms with van der Waals surface area (Å²) in [6, 6.07) is 6.33. The fourth-order valence-corrected chi connectivity index (χ4v) is 2.98. The van der Waals surface area contributed by atoms with Crippen molar-refractivity contribution in [1.82, 2.24) is 20.1 Å². The molecule has 1 aromatic carbocycles. The Morgan fingerprint density at radius 1 is 1.38 bits per heavy atom. The number of nitrogens with one attached hydrogen (secondary N) is 1. The molecule has 0 saturated carbocycles. The fraction of sp³-hybridized carbons (Fsp3) is 0.467. The lowest BCUT2D eigenvalue weighted by Crippen LogP contribution is -2.25. The molecule has 0 fully saturated rings. The van der Waals surface area contributed by atoms with Gasteiger partial charge in [-0.15, -0.1) is 0 Å². The summed E-state index contributed by atoms with van der Waals surface area (Å²) in [7, 11) is 0. The maximum atomic E-state index is 6.37. The molecule has 0 saturated heterocycles. The Labute approximate surface area is 139 Å². The minimum absolute atomic E-state index is 0.113. The quantitative estimate of drug-likeness (QED) is 0.829. The van der Waals surface area contributed by atoms with Crippen molar-refractivity contribution in [2.24, 2.45) is 0 Å². The van der Waals surface area contributed by atoms with E-state index in [4.69, 9.17) is 11.6 Å². The van der Waals surface area contributed by atoms with Gasteiger partial charge < -0.3 is 5.32 Å². The molecule has 1 unspecified atom stereocenters. The van der Waals surface area contributed by atoms with Gasteiger partial charge in [-0.1, -0.05) is 34.5 Å². The molecular formula is C15H20BrClN4. The van der Waals surface area contributed by atoms with Crippen LogP contribution in [0.15, 0.2) is 29.0 Å². The molecule has 0 aliphatic carbocycles. The third-order valence-electron chi connectivity index (χ3n) is 3.31. The van der Waals surface area contributed by atoms with E-state index >= 15 is 0 Å². The standard InChI is InChI=1S/C15H20BrClN4/c1-4-18-14(12-7-11(16)5-6-13(12)17)8-15-19-9-20-21(15)10(2)3/h5-7,9-10,14,18H,4,8H2,1-3H3. The van der Waals surface area contributed by atoms with E-state index in [1.54, 1.807) is 6.33 Å². The van der Waals surface area contributed by atoms with E-state index in [1.807, 2.05) is 16.8 Å². The van der Waals surface area contributed by atoms with Crippen molar-refractivity contribution in [2.75, 3.05) is 6.54 Å². The van der Waals surface area contributed by atoms with Crippen LogP contribution in [0.25, 0.3) is 0 Å². The number of benzene rings is 1. The Hall–Kier alpha value is -0.910. The summed E-state index contributed by atoms with van der Waals surface area (Å²) in [6.07, 6.45) is 2.36. The normalized spacial score (nSPS) is 12.9. The van der Waals surface area contributed by atoms with Gasteiger partial charge >= 0.3 is 0 Å². The van der Waals surface area contributed by atoms with Crippen molar-refractivity contribution in [3.8, 4) is 0 Å². The van der Waals surface area contributed by atoms with Crippen molar-refractivity contribution in [1.29, 1.82) is 0 Å². The van der Waals surface area contributed by atoms with Crippen LogP contribution in [0, 0.1) is 0 Å². The van der Waals surface area contributed by atoms with Gasteiger partial charge in [-0.05, 0) is 44.2 Å². The summed E-state index contributed by atoms with van der Waals surface area (Å²) in [6.45, 7) is 7.16. The van der Waals surface area contributed by atoms with E-state index in [-0.39, 0.29) is 6.04 Å². The van der Waals surface area contributed by atoms with E-state index in [2.05, 4.69) is 58.2 Å². The first kappa shape index (κ1) is 16.5. The summed E-state index contributed by atoms with van der Waals surface area (Å²) in [4.78, 5) is 4.39. The van der Waals surface area contributed by atoms with Crippen molar-refractivity contribution >= 4 is 27.5 Å². The second-order valence-corrected chi connectivity index (χ2v) is 6.52. The van der Waals surface area contributed by atoms with E-state index in [1.165, 1.54) is 0 Å². The molecule has 2 rings (SSSR count). The molecule has 6 heteroatoms. The molecular weight excluding hydrogens is 352 g/mol. The molecule has 0 aliphatic rings. The third-order valence-corrected chi connectivity index (χ3v) is 4.14. The van der Waals surface area contributed by atoms with Crippen LogP contribution in [0.3, 0.4) is 0 Å². The van der Waals surface area contributed by atoms with Gasteiger partial charge in [0.25, 0.3) is 0 Å². The highest BCUT2D eigenvalue weighted by atomic mass is 79.9. The molecule has 0 spiro atoms. The Kier molecular flexibility index (Phi) is 5.79. The fourth-order valence-electron chi connectivity index (χ4n) is 2.35. The highest BCUT2D eigenvalue weighted by molar-refractivity contribution is 9.10. The maximum Gasteiger partial charge on any atom is 0.138 e. The van der Waals surface area contributed by atoms with Crippen LogP contribution < -0.4 is 5.32 Å². The number of nitrogens with zero attached hydrogens (tertiary/aromatic N) is 3. The molecule has 0 bridgehead atoms. The van der Waals surface area contributed by atoms with E-state index in [0.29, 0.717) is 6.04 Å². The van der Waals surface area contributed by atoms with Crippen molar-refractivity contribution in [3.05, 3.63) is 45.4 Å². The maximum absolute atomic E-state index is 6.37. The predicted octanol–water partition coefficient (Wildman–Crippen LogP) is 4.17. The number of hydrogen-bond donors (Lipinski definition) is 1. The number of hydrogen-bond acceptors (Lipinski definition) is 3. The zero-order valence-electron chi connectivity index (χ0n) is 12.5. The highest BCUT2D eigenvalue weighted by Gasteiger charge is 2.18. The van der Waals surface area contributed by atoms with Crippen LogP contribution in [0.5, 0.6) is 0 Å². The zero-order valence-corrected chi connectivity index (χ0v) is 14.8. The second-order valence-electron chi connectivity index (χ2n) is 5.19. The first-order valence-electron chi connectivity index (χ1n) is 7.09. The molecule has 0 radical (unpaired) electrons. The minimum atomic E-state index is 0.113. The minimum Gasteiger partial charge on any atom is -0.310 e. The molecule has 2 aromatic rings. The lowest BCUT2D eigenvalue weighted by molar-refractivity contribution is 0.468. The number of aromatic nitrogens is 3. The first-order valence-corrected chi connectivity index (χ1v) is 8.26. The van der Waals surface area contributed by atoms with Crippen molar-refractivity contribution in [3.63, 3.8) is 0 Å². The molecule has 21 heavy (non-hydrogen) atoms. The number of rotatable bonds is 6. The number of halogens is 2. The van der Waals surface area contributed by atoms with Gasteiger partial charge in [-0.2, -0.15) is 5.10 Å². The van der Waals surface area contributed by atoms with E-state index in [9.17, 15) is 0 Å². The smallest absolute Gasteiger partial charge is 0.138 e. The molecule has 114 valence electrons. The molecule has 1 N–H and O–H groups in total. The predicted molar refractivity (Wildman–Crippen MR) is 89.7 cm³/mol. The van der Waals surface area contributed by atoms with Crippen molar-refractivity contribution in [2.45, 2.75) is 39.3 Å². The van der Waals surface area contributed by atoms with Crippen LogP contribution in [0.2, 0.25) is 5.02 Å². The monoisotopic (exact) mass is 370 g/mol. The average Bonchev–Trinajstić information content (AvgIpc) is 2.89. The van der Waals surface area contributed by atoms with Crippen LogP contribution in [-0.2, 0) is 6.42 Å². The Morgan fingerprint density at radius 3 is 2.81 bits per heavy atom. The van der Waals surface area contributed by atoms with Crippen LogP contribution in [0.4, 0.5) is 0 Å². The van der Waals surface area contributed by atoms with Gasteiger partial charge in [0.2, 0.25) is 0 Å². The molecule has 0 aliphatic heterocycles. The Bertz CT molecular complexity index is 597. The SMILES string of the molecule is CCNC(Cc1ncnn1C(C)C)c1cc(Br)ccc1Cl. The first-order chi connectivity index (χ1) is 10.0. The van der Waals surface area contributed by atoms with E-state index < -0.39 is 0 Å². The topological polar surface area (TPSA) is 42.7 Å². The summed E-state index contributed by atoms with van der Waals surface area (Å²) in [5, 5.41) is 8.55. The molecule has 1 heterocycles. The summed E-state index contributed by atoms with van der Waals surface area (Å²) in [5.74, 6) is 0.965. The van der Waals surface area contributed by atoms with Gasteiger partial charge in [-0.25, -0.2) is 9.67 Å². The van der Waals surface area contributed by atoms with Crippen LogP contribution in [0.1, 0.15) is 44.2 Å². The highest BCUT2D eigenvalue weighted by Crippen LogP contribution is 2.28. The van der Waals surface area contributed by atoms with Gasteiger partial charge in [-0.3, -0.25) is 0 Å². The molecule has 0 amide bonds. The molecule has 1 atom stereocenters. The van der Waals surface area contributed by atoms with Gasteiger partial charge in [0, 0.05) is 28.0 Å². The lowest BCUT2D eigenvalue weighted by Gasteiger charge is -2.20. The summed E-state index contributed by atoms with van der Waals surface area (Å²) in [5.41, 5.74) is 1.08. The zero-order chi connectivity index (χ0) is 15.4. The summed E-state index contributed by atoms with van der Waals surface area (Å²) < 4.78 is 2.98. The second kappa shape index (κ2) is 7.38. The molecule has 4 nitrogen and oxygen atoms in total. The third kappa shape index (κ3) is 4.05. The van der Waals surface area contributed by atoms with Crippen molar-refractivity contribution < 1.29 is 0 Å². The summed E-state index contributed by atoms with van der Waals surface area (Å²) >= 11 is 9.88. The van der Waals surface area contributed by atoms with Gasteiger partial charge in [0.05, 0.1) is 0 Å². The van der Waals surface area contributed by atoms with Gasteiger partial charge in [0.15, 0.2) is 0 Å². The van der Waals surface area contributed by atoms with Crippen LogP contribution in [-0.4, -0.2) is 21.3 Å². The lowest BCUT2D eigenvalue weighted by atomic mass is 10.0. The Balaban J connectivity index is 2.31. The number of likely N-dealkylation sites (N-methyl/N-ethyl adjacent to an activating group) is 1. The van der Waals surface area contributed by atoms with E-state index in [0.717, 1.165) is 33.8 Å². The van der Waals surface area contributed by atoms with Gasteiger partial charge in [0.1, 0.15) is 12.2 Å². The van der Waals surface area contributed by atoms with Crippen LogP contribution >= 0.6 is 27.5 Å².